The van der Waals surface area contributed by atoms with Gasteiger partial charge in [0.05, 0.1) is 73.3 Å². The Morgan fingerprint density at radius 3 is 1.17 bits per heavy atom. The zero-order valence-corrected chi connectivity index (χ0v) is 67.8. The number of amides is 1. The Bertz CT molecular complexity index is 5020. The summed E-state index contributed by atoms with van der Waals surface area (Å²) in [6, 6.07) is 23.7. The van der Waals surface area contributed by atoms with Gasteiger partial charge in [-0.2, -0.15) is 38.5 Å². The van der Waals surface area contributed by atoms with Crippen molar-refractivity contribution < 1.29 is 24.5 Å². The lowest BCUT2D eigenvalue weighted by Gasteiger charge is -2.31. The molecular weight excluding hydrogens is 1670 g/mol. The number of aromatic nitrogens is 16. The molecule has 4 fully saturated rings. The lowest BCUT2D eigenvalue weighted by molar-refractivity contribution is -0.149. The largest absolute Gasteiger partial charge is 0.466 e. The third-order valence-corrected chi connectivity index (χ3v) is 22.6. The van der Waals surface area contributed by atoms with Crippen molar-refractivity contribution >= 4 is 145 Å². The molecule has 12 aromatic rings. The summed E-state index contributed by atoms with van der Waals surface area (Å²) in [7, 11) is 0. The van der Waals surface area contributed by atoms with Gasteiger partial charge in [0.25, 0.3) is 0 Å². The molecule has 6 atom stereocenters. The highest BCUT2D eigenvalue weighted by Gasteiger charge is 2.36. The third-order valence-electron chi connectivity index (χ3n) is 20.4. The summed E-state index contributed by atoms with van der Waals surface area (Å²) in [5, 5.41) is 64.8. The summed E-state index contributed by atoms with van der Waals surface area (Å²) in [5.74, 6) is 5.79. The van der Waals surface area contributed by atoms with E-state index < -0.39 is 0 Å². The Morgan fingerprint density at radius 2 is 0.811 bits per heavy atom. The quantitative estimate of drug-likeness (QED) is 0.0237. The average Bonchev–Trinajstić information content (AvgIpc) is 1.47. The molecule has 111 heavy (non-hydrogen) atoms. The Balaban J connectivity index is 0.000000130. The Kier molecular flexibility index (Phi) is 27.5. The van der Waals surface area contributed by atoms with E-state index in [1.807, 2.05) is 105 Å². The van der Waals surface area contributed by atoms with Crippen LogP contribution >= 0.6 is 63.7 Å². The molecule has 0 spiro atoms. The standard InChI is InChI=1S/C21H25BrN6O2.C19H22BrN7O.C19H23BrN6O.C18H21BrN6O/c1-2-30-21(29)15-7-3-4-8-17(15)26-18-10-19(24-12-14-6-5-9-23-11-14)28-20(27-18)16(22)13-25-28;20-14-11-24-27-17(23-10-12-4-3-7-22-9-12)8-16(26-19(14)27)25-15-6-2-1-5-13(15)18(21)28;20-15-11-23-26-18(22-10-13-4-3-7-21-9-13)8-17(25-19(15)26)24-16-6-2-1-5-14(16)12-27;19-14-11-22-25-16(21-10-13-4-3-7-20-9-13)8-15(23-17(14)25)24-18(12-26)5-1-2-6-18/h5-6,9-11,13,15,17,24H,2-4,7-8,12H2,1H3,(H,26,27);3-4,7-9,11,13,15,23H,1-2,5-6,10H2,(H2,21,28)(H,25,26);3-4,7-9,11,14,16,22,27H,1-2,5-6,10,12H2,(H,24,25);3-4,7-9,11,21,26H,1-2,5-6,10,12H2,(H,23,24)/t15?,17-;13?,15-;14-,16+;/m110./s1. The minimum atomic E-state index is -0.279. The molecule has 582 valence electrons. The van der Waals surface area contributed by atoms with Crippen LogP contribution in [0.3, 0.4) is 0 Å². The van der Waals surface area contributed by atoms with Gasteiger partial charge in [-0.1, -0.05) is 75.6 Å². The second kappa shape index (κ2) is 38.5. The van der Waals surface area contributed by atoms with E-state index in [2.05, 4.69) is 157 Å². The van der Waals surface area contributed by atoms with Gasteiger partial charge in [0.1, 0.15) is 46.5 Å². The minimum Gasteiger partial charge on any atom is -0.466 e. The molecule has 0 aliphatic heterocycles. The van der Waals surface area contributed by atoms with Gasteiger partial charge in [-0.3, -0.25) is 29.5 Å². The van der Waals surface area contributed by atoms with Crippen LogP contribution < -0.4 is 48.3 Å². The summed E-state index contributed by atoms with van der Waals surface area (Å²) in [6.45, 7) is 5.06. The molecule has 4 saturated carbocycles. The van der Waals surface area contributed by atoms with Crippen molar-refractivity contribution in [3.8, 4) is 0 Å². The fourth-order valence-corrected chi connectivity index (χ4v) is 16.0. The number of carbonyl (C=O) groups is 2. The topological polar surface area (TPSA) is 378 Å². The number of fused-ring (bicyclic) bond motifs is 4. The number of rotatable bonds is 25. The van der Waals surface area contributed by atoms with Gasteiger partial charge >= 0.3 is 5.97 Å². The lowest BCUT2D eigenvalue weighted by atomic mass is 9.84. The predicted molar refractivity (Wildman–Crippen MR) is 442 cm³/mol. The molecule has 0 radical (unpaired) electrons. The first-order valence-electron chi connectivity index (χ1n) is 37.6. The van der Waals surface area contributed by atoms with Gasteiger partial charge in [0, 0.05) is 131 Å². The number of ether oxygens (including phenoxy) is 1. The van der Waals surface area contributed by atoms with Gasteiger partial charge in [-0.15, -0.1) is 0 Å². The summed E-state index contributed by atoms with van der Waals surface area (Å²) in [5.41, 5.74) is 12.5. The van der Waals surface area contributed by atoms with Crippen molar-refractivity contribution in [1.82, 2.24) is 78.3 Å². The van der Waals surface area contributed by atoms with Gasteiger partial charge in [0.15, 0.2) is 22.6 Å². The highest BCUT2D eigenvalue weighted by Crippen LogP contribution is 2.36. The van der Waals surface area contributed by atoms with Gasteiger partial charge in [0.2, 0.25) is 5.91 Å². The molecule has 34 heteroatoms. The lowest BCUT2D eigenvalue weighted by Crippen LogP contribution is -2.40. The smallest absolute Gasteiger partial charge is 0.311 e. The molecule has 4 aliphatic carbocycles. The second-order valence-electron chi connectivity index (χ2n) is 28.1. The van der Waals surface area contributed by atoms with E-state index in [1.54, 1.807) is 67.6 Å². The van der Waals surface area contributed by atoms with E-state index in [-0.39, 0.29) is 66.5 Å². The van der Waals surface area contributed by atoms with Crippen molar-refractivity contribution in [2.24, 2.45) is 23.5 Å². The van der Waals surface area contributed by atoms with Crippen molar-refractivity contribution in [3.05, 3.63) is 187 Å². The number of nitrogens with one attached hydrogen (secondary N) is 8. The van der Waals surface area contributed by atoms with Crippen LogP contribution in [0.25, 0.3) is 22.6 Å². The van der Waals surface area contributed by atoms with Crippen LogP contribution in [0.15, 0.2) is 165 Å². The summed E-state index contributed by atoms with van der Waals surface area (Å²) >= 11 is 14.1. The van der Waals surface area contributed by atoms with E-state index in [0.29, 0.717) is 55.7 Å². The molecule has 0 bridgehead atoms. The maximum atomic E-state index is 12.4. The van der Waals surface area contributed by atoms with Gasteiger partial charge in [-0.25, -0.2) is 19.9 Å². The maximum Gasteiger partial charge on any atom is 0.311 e. The number of hydrogen-bond donors (Lipinski definition) is 11. The van der Waals surface area contributed by atoms with Crippen LogP contribution in [0.4, 0.5) is 46.5 Å². The van der Waals surface area contributed by atoms with E-state index in [4.69, 9.17) is 20.4 Å². The average molecular weight is 1770 g/mol. The normalized spacial score (nSPS) is 18.6. The Morgan fingerprint density at radius 1 is 0.468 bits per heavy atom. The maximum absolute atomic E-state index is 12.4. The van der Waals surface area contributed by atoms with Crippen molar-refractivity contribution in [2.45, 2.75) is 160 Å². The van der Waals surface area contributed by atoms with E-state index in [0.717, 1.165) is 176 Å². The zero-order valence-electron chi connectivity index (χ0n) is 61.4. The summed E-state index contributed by atoms with van der Waals surface area (Å²) in [6.07, 6.45) is 37.6. The number of esters is 1. The molecule has 1 amide bonds. The number of carbonyl (C=O) groups excluding carboxylic acids is 2. The molecule has 16 rings (SSSR count). The van der Waals surface area contributed by atoms with Crippen molar-refractivity contribution in [2.75, 3.05) is 62.4 Å². The SMILES string of the molecule is CCOC(=O)C1CCCC[C@H]1Nc1cc(NCc2cccnc2)n2ncc(Br)c2n1.NC(=O)C1CCCC[C@H]1Nc1cc(NCc2cccnc2)n2ncc(Br)c2n1.OCC1(Nc2cc(NCc3cccnc3)n3ncc(Br)c3n2)CCCC1.OC[C@@H]1CCCC[C@H]1Nc1cc(NCc2cccnc2)n2ncc(Br)c2n1. The molecule has 0 saturated heterocycles. The first kappa shape index (κ1) is 79.3. The molecule has 2 unspecified atom stereocenters. The van der Waals surface area contributed by atoms with Crippen LogP contribution in [0.5, 0.6) is 0 Å². The monoisotopic (exact) mass is 1760 g/mol. The fraction of sp³-hybridized carbons (Fsp3) is 0.403. The number of anilines is 8. The molecule has 12 N–H and O–H groups in total. The fourth-order valence-electron chi connectivity index (χ4n) is 14.6. The van der Waals surface area contributed by atoms with E-state index in [9.17, 15) is 19.8 Å². The first-order valence-corrected chi connectivity index (χ1v) is 40.8. The van der Waals surface area contributed by atoms with E-state index >= 15 is 0 Å². The molecule has 4 aliphatic rings. The van der Waals surface area contributed by atoms with Crippen LogP contribution in [-0.4, -0.2) is 144 Å². The minimum absolute atomic E-state index is 0.000574. The highest BCUT2D eigenvalue weighted by atomic mass is 79.9. The van der Waals surface area contributed by atoms with Crippen LogP contribution in [-0.2, 0) is 40.5 Å². The molecular formula is C77H91Br4N25O5. The number of aliphatic hydroxyl groups excluding tert-OH is 2. The second-order valence-corrected chi connectivity index (χ2v) is 31.5. The number of halogens is 4. The first-order chi connectivity index (χ1) is 54.2. The number of hydrogen-bond acceptors (Lipinski definition) is 25. The third kappa shape index (κ3) is 20.5. The predicted octanol–water partition coefficient (Wildman–Crippen LogP) is 13.7. The molecule has 12 heterocycles. The number of aliphatic hydroxyl groups is 2. The zero-order chi connectivity index (χ0) is 77.1. The van der Waals surface area contributed by atoms with Gasteiger partial charge < -0.3 is 63.2 Å². The highest BCUT2D eigenvalue weighted by molar-refractivity contribution is 9.11. The molecule has 0 aromatic carbocycles. The number of nitrogens with zero attached hydrogens (tertiary/aromatic N) is 16. The Hall–Kier alpha value is -9.74. The number of primary amides is 1. The van der Waals surface area contributed by atoms with Gasteiger partial charge in [-0.05, 0) is 169 Å². The Labute approximate surface area is 675 Å². The van der Waals surface area contributed by atoms with E-state index in [1.165, 1.54) is 12.8 Å². The summed E-state index contributed by atoms with van der Waals surface area (Å²) < 4.78 is 15.6. The van der Waals surface area contributed by atoms with Crippen LogP contribution in [0.1, 0.15) is 132 Å². The molecule has 12 aromatic heterocycles. The van der Waals surface area contributed by atoms with Crippen LogP contribution in [0, 0.1) is 17.8 Å². The summed E-state index contributed by atoms with van der Waals surface area (Å²) in [4.78, 5) is 59.7. The molecule has 30 nitrogen and oxygen atoms in total. The van der Waals surface area contributed by atoms with Crippen LogP contribution in [0.2, 0.25) is 0 Å². The number of pyridine rings is 4. The van der Waals surface area contributed by atoms with Crippen molar-refractivity contribution in [3.63, 3.8) is 0 Å². The van der Waals surface area contributed by atoms with Crippen molar-refractivity contribution in [1.29, 1.82) is 0 Å². The number of nitrogens with two attached hydrogens (primary N) is 1.